The fourth-order valence-electron chi connectivity index (χ4n) is 2.02. The van der Waals surface area contributed by atoms with Crippen LogP contribution in [0.1, 0.15) is 19.8 Å². The van der Waals surface area contributed by atoms with Crippen molar-refractivity contribution >= 4 is 5.91 Å². The molecular formula is C10H21N3O. The van der Waals surface area contributed by atoms with Crippen LogP contribution in [-0.2, 0) is 4.79 Å². The third-order valence-corrected chi connectivity index (χ3v) is 2.93. The topological polar surface area (TPSA) is 49.6 Å². The highest BCUT2D eigenvalue weighted by molar-refractivity contribution is 5.81. The van der Waals surface area contributed by atoms with Crippen molar-refractivity contribution in [3.8, 4) is 0 Å². The van der Waals surface area contributed by atoms with E-state index < -0.39 is 0 Å². The Morgan fingerprint density at radius 1 is 1.64 bits per heavy atom. The van der Waals surface area contributed by atoms with Gasteiger partial charge in [0.1, 0.15) is 0 Å². The number of nitrogens with two attached hydrogens (primary N) is 1. The summed E-state index contributed by atoms with van der Waals surface area (Å²) in [5.74, 6) is 0.211. The molecule has 1 saturated heterocycles. The zero-order chi connectivity index (χ0) is 10.7. The van der Waals surface area contributed by atoms with Gasteiger partial charge in [0.15, 0.2) is 0 Å². The summed E-state index contributed by atoms with van der Waals surface area (Å²) in [6, 6.07) is 0.370. The van der Waals surface area contributed by atoms with Gasteiger partial charge in [0, 0.05) is 26.7 Å². The van der Waals surface area contributed by atoms with E-state index in [0.29, 0.717) is 12.6 Å². The fourth-order valence-corrected chi connectivity index (χ4v) is 2.02. The molecule has 2 atom stereocenters. The molecule has 1 aliphatic rings. The molecular weight excluding hydrogens is 178 g/mol. The van der Waals surface area contributed by atoms with Crippen LogP contribution in [0.15, 0.2) is 0 Å². The lowest BCUT2D eigenvalue weighted by molar-refractivity contribution is -0.134. The second-order valence-electron chi connectivity index (χ2n) is 4.21. The highest BCUT2D eigenvalue weighted by Crippen LogP contribution is 2.20. The van der Waals surface area contributed by atoms with Crippen LogP contribution in [0, 0.1) is 0 Å². The zero-order valence-corrected chi connectivity index (χ0v) is 9.36. The van der Waals surface area contributed by atoms with Crippen LogP contribution in [0.2, 0.25) is 0 Å². The van der Waals surface area contributed by atoms with Gasteiger partial charge in [0.05, 0.1) is 6.04 Å². The molecule has 0 aromatic heterocycles. The number of hydrogen-bond acceptors (Lipinski definition) is 3. The van der Waals surface area contributed by atoms with E-state index in [0.717, 1.165) is 19.4 Å². The first-order chi connectivity index (χ1) is 6.57. The number of amides is 1. The second-order valence-corrected chi connectivity index (χ2v) is 4.21. The third kappa shape index (κ3) is 2.25. The number of likely N-dealkylation sites (tertiary alicyclic amines) is 1. The van der Waals surface area contributed by atoms with Gasteiger partial charge in [-0.25, -0.2) is 0 Å². The van der Waals surface area contributed by atoms with Crippen molar-refractivity contribution in [2.24, 2.45) is 5.73 Å². The molecule has 1 amide bonds. The van der Waals surface area contributed by atoms with Gasteiger partial charge in [-0.05, 0) is 26.3 Å². The molecule has 0 aliphatic carbocycles. The Labute approximate surface area is 86.0 Å². The maximum Gasteiger partial charge on any atom is 0.239 e. The number of rotatable bonds is 3. The van der Waals surface area contributed by atoms with E-state index in [4.69, 9.17) is 5.73 Å². The molecule has 1 aliphatic heterocycles. The first-order valence-corrected chi connectivity index (χ1v) is 5.25. The summed E-state index contributed by atoms with van der Waals surface area (Å²) in [5.41, 5.74) is 5.62. The summed E-state index contributed by atoms with van der Waals surface area (Å²) in [6.45, 7) is 3.71. The first kappa shape index (κ1) is 11.5. The highest BCUT2D eigenvalue weighted by Gasteiger charge is 2.33. The van der Waals surface area contributed by atoms with Crippen molar-refractivity contribution in [2.75, 3.05) is 27.2 Å². The number of carbonyl (C=O) groups excluding carboxylic acids is 1. The van der Waals surface area contributed by atoms with Crippen molar-refractivity contribution in [1.82, 2.24) is 9.80 Å². The molecule has 0 saturated carbocycles. The Hall–Kier alpha value is -0.610. The lowest BCUT2D eigenvalue weighted by atomic mass is 10.1. The van der Waals surface area contributed by atoms with Crippen molar-refractivity contribution in [2.45, 2.75) is 31.8 Å². The molecule has 82 valence electrons. The Morgan fingerprint density at radius 2 is 2.29 bits per heavy atom. The van der Waals surface area contributed by atoms with Crippen molar-refractivity contribution in [3.05, 3.63) is 0 Å². The van der Waals surface area contributed by atoms with Crippen LogP contribution in [0.25, 0.3) is 0 Å². The van der Waals surface area contributed by atoms with Gasteiger partial charge in [-0.2, -0.15) is 0 Å². The summed E-state index contributed by atoms with van der Waals surface area (Å²) in [6.07, 6.45) is 2.08. The number of nitrogens with zero attached hydrogens (tertiary/aromatic N) is 2. The molecule has 0 bridgehead atoms. The van der Waals surface area contributed by atoms with E-state index in [2.05, 4.69) is 11.8 Å². The van der Waals surface area contributed by atoms with Crippen LogP contribution in [-0.4, -0.2) is 55.0 Å². The largest absolute Gasteiger partial charge is 0.347 e. The molecule has 14 heavy (non-hydrogen) atoms. The highest BCUT2D eigenvalue weighted by atomic mass is 16.2. The predicted molar refractivity (Wildman–Crippen MR) is 56.9 cm³/mol. The van der Waals surface area contributed by atoms with Crippen LogP contribution in [0.5, 0.6) is 0 Å². The van der Waals surface area contributed by atoms with E-state index in [-0.39, 0.29) is 11.9 Å². The molecule has 2 N–H and O–H groups in total. The average molecular weight is 199 g/mol. The molecule has 0 aromatic rings. The second kappa shape index (κ2) is 4.75. The quantitative estimate of drug-likeness (QED) is 0.690. The van der Waals surface area contributed by atoms with Gasteiger partial charge >= 0.3 is 0 Å². The van der Waals surface area contributed by atoms with Crippen molar-refractivity contribution in [3.63, 3.8) is 0 Å². The maximum atomic E-state index is 11.8. The fraction of sp³-hybridized carbons (Fsp3) is 0.900. The molecule has 4 heteroatoms. The van der Waals surface area contributed by atoms with E-state index in [9.17, 15) is 4.79 Å². The Balaban J connectivity index is 2.63. The van der Waals surface area contributed by atoms with Crippen LogP contribution in [0.3, 0.4) is 0 Å². The number of likely N-dealkylation sites (N-methyl/N-ethyl adjacent to an activating group) is 1. The lowest BCUT2D eigenvalue weighted by Crippen LogP contribution is -2.48. The molecule has 0 radical (unpaired) electrons. The van der Waals surface area contributed by atoms with Gasteiger partial charge in [-0.1, -0.05) is 0 Å². The van der Waals surface area contributed by atoms with Gasteiger partial charge in [0.2, 0.25) is 5.91 Å². The van der Waals surface area contributed by atoms with Gasteiger partial charge in [-0.15, -0.1) is 0 Å². The standard InChI is InChI=1S/C10H21N3O/c1-8(7-11)13-6-4-5-9(13)10(14)12(2)3/h8-9H,4-7,11H2,1-3H3. The van der Waals surface area contributed by atoms with E-state index in [1.54, 1.807) is 4.90 Å². The lowest BCUT2D eigenvalue weighted by Gasteiger charge is -2.30. The van der Waals surface area contributed by atoms with Crippen molar-refractivity contribution in [1.29, 1.82) is 0 Å². The van der Waals surface area contributed by atoms with Crippen LogP contribution in [0.4, 0.5) is 0 Å². The molecule has 2 unspecified atom stereocenters. The third-order valence-electron chi connectivity index (χ3n) is 2.93. The summed E-state index contributed by atoms with van der Waals surface area (Å²) >= 11 is 0. The molecule has 0 spiro atoms. The summed E-state index contributed by atoms with van der Waals surface area (Å²) < 4.78 is 0. The summed E-state index contributed by atoms with van der Waals surface area (Å²) in [4.78, 5) is 15.7. The number of hydrogen-bond donors (Lipinski definition) is 1. The van der Waals surface area contributed by atoms with Gasteiger partial charge in [-0.3, -0.25) is 9.69 Å². The molecule has 1 heterocycles. The van der Waals surface area contributed by atoms with Gasteiger partial charge < -0.3 is 10.6 Å². The monoisotopic (exact) mass is 199 g/mol. The van der Waals surface area contributed by atoms with Crippen LogP contribution >= 0.6 is 0 Å². The number of carbonyl (C=O) groups is 1. The summed E-state index contributed by atoms with van der Waals surface area (Å²) in [5, 5.41) is 0. The van der Waals surface area contributed by atoms with Crippen LogP contribution < -0.4 is 5.73 Å². The van der Waals surface area contributed by atoms with E-state index in [1.807, 2.05) is 14.1 Å². The summed E-state index contributed by atoms with van der Waals surface area (Å²) in [7, 11) is 3.62. The molecule has 1 fully saturated rings. The SMILES string of the molecule is CC(CN)N1CCCC1C(=O)N(C)C. The average Bonchev–Trinajstić information content (AvgIpc) is 2.63. The van der Waals surface area contributed by atoms with E-state index in [1.165, 1.54) is 0 Å². The predicted octanol–water partition coefficient (Wildman–Crippen LogP) is -0.114. The minimum atomic E-state index is 0.0588. The van der Waals surface area contributed by atoms with Gasteiger partial charge in [0.25, 0.3) is 0 Å². The van der Waals surface area contributed by atoms with E-state index >= 15 is 0 Å². The Bertz CT molecular complexity index is 206. The molecule has 4 nitrogen and oxygen atoms in total. The zero-order valence-electron chi connectivity index (χ0n) is 9.36. The van der Waals surface area contributed by atoms with Crippen molar-refractivity contribution < 1.29 is 4.79 Å². The molecule has 0 aromatic carbocycles. The Morgan fingerprint density at radius 3 is 2.79 bits per heavy atom. The minimum absolute atomic E-state index is 0.0588. The molecule has 1 rings (SSSR count). The Kier molecular flexibility index (Phi) is 3.89. The minimum Gasteiger partial charge on any atom is -0.347 e. The normalized spacial score (nSPS) is 25.0. The smallest absolute Gasteiger partial charge is 0.239 e. The maximum absolute atomic E-state index is 11.8. The first-order valence-electron chi connectivity index (χ1n) is 5.25.